The van der Waals surface area contributed by atoms with Crippen LogP contribution in [0.1, 0.15) is 84.4 Å². The van der Waals surface area contributed by atoms with Gasteiger partial charge in [-0.3, -0.25) is 0 Å². The summed E-state index contributed by atoms with van der Waals surface area (Å²) in [4.78, 5) is 0. The van der Waals surface area contributed by atoms with Gasteiger partial charge in [0.25, 0.3) is 0 Å². The number of hydrogen-bond donors (Lipinski definition) is 0. The molecule has 2 aliphatic heterocycles. The average Bonchev–Trinajstić information content (AvgIpc) is 3.23. The van der Waals surface area contributed by atoms with Crippen LogP contribution in [0.3, 0.4) is 0 Å². The first-order valence-electron chi connectivity index (χ1n) is 10.0. The van der Waals surface area contributed by atoms with Gasteiger partial charge in [-0.05, 0) is 56.6 Å². The van der Waals surface area contributed by atoms with E-state index in [-0.39, 0.29) is 23.0 Å². The van der Waals surface area contributed by atoms with Crippen LogP contribution in [0.4, 0.5) is 0 Å². The first-order valence-corrected chi connectivity index (χ1v) is 10.4. The molecule has 0 N–H and O–H groups in total. The highest BCUT2D eigenvalue weighted by Crippen LogP contribution is 2.60. The maximum Gasteiger partial charge on any atom is 0.110 e. The van der Waals surface area contributed by atoms with Crippen LogP contribution < -0.4 is 0 Å². The fraction of sp³-hybridized carbons (Fsp3) is 0.308. The van der Waals surface area contributed by atoms with Crippen LogP contribution in [0.5, 0.6) is 0 Å². The highest BCUT2D eigenvalue weighted by atomic mass is 35.5. The average molecular weight is 387 g/mol. The monoisotopic (exact) mass is 386 g/mol. The van der Waals surface area contributed by atoms with E-state index in [0.29, 0.717) is 0 Å². The van der Waals surface area contributed by atoms with Crippen LogP contribution in [0.2, 0.25) is 5.02 Å². The molecule has 2 heterocycles. The highest BCUT2D eigenvalue weighted by molar-refractivity contribution is 6.30. The van der Waals surface area contributed by atoms with Gasteiger partial charge in [0.2, 0.25) is 0 Å². The second kappa shape index (κ2) is 5.09. The van der Waals surface area contributed by atoms with Crippen molar-refractivity contribution >= 4 is 11.6 Å². The first-order chi connectivity index (χ1) is 13.3. The minimum absolute atomic E-state index is 0.0102. The van der Waals surface area contributed by atoms with E-state index in [9.17, 15) is 0 Å². The molecule has 2 atom stereocenters. The molecule has 0 fully saturated rings. The molecule has 6 rings (SSSR count). The number of rotatable bonds is 0. The summed E-state index contributed by atoms with van der Waals surface area (Å²) in [7, 11) is 0. The van der Waals surface area contributed by atoms with Crippen molar-refractivity contribution in [2.24, 2.45) is 0 Å². The van der Waals surface area contributed by atoms with Crippen LogP contribution in [0.15, 0.2) is 54.6 Å². The van der Waals surface area contributed by atoms with Gasteiger partial charge in [-0.25, -0.2) is 0 Å². The van der Waals surface area contributed by atoms with E-state index in [2.05, 4.69) is 76.2 Å². The molecule has 0 spiro atoms. The summed E-state index contributed by atoms with van der Waals surface area (Å²) in [5.41, 5.74) is 10.9. The van der Waals surface area contributed by atoms with Crippen molar-refractivity contribution in [2.75, 3.05) is 0 Å². The lowest BCUT2D eigenvalue weighted by atomic mass is 9.58. The number of ether oxygens (including phenoxy) is 1. The first kappa shape index (κ1) is 16.8. The van der Waals surface area contributed by atoms with Crippen molar-refractivity contribution < 1.29 is 4.74 Å². The minimum atomic E-state index is -0.0701. The zero-order valence-electron chi connectivity index (χ0n) is 16.6. The Morgan fingerprint density at radius 3 is 2.14 bits per heavy atom. The van der Waals surface area contributed by atoms with Crippen LogP contribution in [0.25, 0.3) is 0 Å². The van der Waals surface area contributed by atoms with Gasteiger partial charge in [0.15, 0.2) is 0 Å². The molecular formula is C26H23ClO. The smallest absolute Gasteiger partial charge is 0.110 e. The van der Waals surface area contributed by atoms with Crippen molar-refractivity contribution in [3.05, 3.63) is 104 Å². The Kier molecular flexibility index (Phi) is 3.06. The maximum atomic E-state index is 6.53. The predicted octanol–water partition coefficient (Wildman–Crippen LogP) is 6.83. The third-order valence-corrected chi connectivity index (χ3v) is 7.52. The van der Waals surface area contributed by atoms with Gasteiger partial charge in [-0.2, -0.15) is 0 Å². The lowest BCUT2D eigenvalue weighted by Crippen LogP contribution is -2.38. The van der Waals surface area contributed by atoms with Crippen molar-refractivity contribution in [3.63, 3.8) is 0 Å². The Bertz CT molecular complexity index is 1170. The van der Waals surface area contributed by atoms with E-state index in [4.69, 9.17) is 16.3 Å². The Balaban J connectivity index is 1.68. The predicted molar refractivity (Wildman–Crippen MR) is 113 cm³/mol. The van der Waals surface area contributed by atoms with E-state index in [1.807, 2.05) is 6.07 Å². The second-order valence-corrected chi connectivity index (χ2v) is 9.89. The van der Waals surface area contributed by atoms with E-state index in [0.717, 1.165) is 5.02 Å². The van der Waals surface area contributed by atoms with Crippen molar-refractivity contribution in [3.8, 4) is 0 Å². The molecular weight excluding hydrogens is 364 g/mol. The van der Waals surface area contributed by atoms with Crippen molar-refractivity contribution in [1.82, 2.24) is 0 Å². The van der Waals surface area contributed by atoms with Gasteiger partial charge in [0, 0.05) is 15.9 Å². The van der Waals surface area contributed by atoms with Gasteiger partial charge in [0.1, 0.15) is 12.2 Å². The third kappa shape index (κ3) is 1.83. The molecule has 0 saturated heterocycles. The van der Waals surface area contributed by atoms with Gasteiger partial charge >= 0.3 is 0 Å². The second-order valence-electron chi connectivity index (χ2n) is 9.46. The normalized spacial score (nSPS) is 24.3. The summed E-state index contributed by atoms with van der Waals surface area (Å²) in [6.07, 6.45) is 0.0256. The fourth-order valence-corrected chi connectivity index (χ4v) is 6.13. The number of benzene rings is 3. The lowest BCUT2D eigenvalue weighted by molar-refractivity contribution is 0.0851. The quantitative estimate of drug-likeness (QED) is 0.411. The van der Waals surface area contributed by atoms with E-state index >= 15 is 0 Å². The number of hydrogen-bond acceptors (Lipinski definition) is 1. The fourth-order valence-electron chi connectivity index (χ4n) is 5.95. The van der Waals surface area contributed by atoms with Crippen molar-refractivity contribution in [2.45, 2.75) is 50.7 Å². The molecule has 2 unspecified atom stereocenters. The van der Waals surface area contributed by atoms with Gasteiger partial charge in [-0.1, -0.05) is 81.8 Å². The molecule has 0 amide bonds. The van der Waals surface area contributed by atoms with Gasteiger partial charge in [0.05, 0.1) is 0 Å². The minimum Gasteiger partial charge on any atom is -0.356 e. The Morgan fingerprint density at radius 2 is 1.39 bits per heavy atom. The van der Waals surface area contributed by atoms with Gasteiger partial charge in [-0.15, -0.1) is 0 Å². The number of halogens is 1. The van der Waals surface area contributed by atoms with E-state index in [1.54, 1.807) is 0 Å². The summed E-state index contributed by atoms with van der Waals surface area (Å²) < 4.78 is 6.53. The standard InChI is InChI=1S/C26H23ClO/c1-25(2)18-7-5-6-8-19(18)26(3,4)22-20(25)12-11-16-21(22)24-17-13-14(27)9-10-15(17)23(16)28-24/h5-13,23-24H,1-4H3. The molecule has 2 bridgehead atoms. The summed E-state index contributed by atoms with van der Waals surface area (Å²) in [5.74, 6) is 0. The Morgan fingerprint density at radius 1 is 0.714 bits per heavy atom. The summed E-state index contributed by atoms with van der Waals surface area (Å²) in [6.45, 7) is 9.44. The maximum absolute atomic E-state index is 6.53. The topological polar surface area (TPSA) is 9.23 Å². The highest BCUT2D eigenvalue weighted by Gasteiger charge is 2.50. The van der Waals surface area contributed by atoms with Crippen LogP contribution in [-0.4, -0.2) is 0 Å². The molecule has 2 heteroatoms. The Labute approximate surface area is 171 Å². The summed E-state index contributed by atoms with van der Waals surface area (Å²) >= 11 is 6.34. The van der Waals surface area contributed by atoms with Crippen LogP contribution in [-0.2, 0) is 15.6 Å². The SMILES string of the molecule is CC1(C)c2ccccc2C(C)(C)c2c1ccc1c2C2OC1c1ccc(Cl)cc12. The Hall–Kier alpha value is -2.09. The van der Waals surface area contributed by atoms with Gasteiger partial charge < -0.3 is 4.74 Å². The van der Waals surface area contributed by atoms with Crippen LogP contribution in [0, 0.1) is 0 Å². The molecule has 1 nitrogen and oxygen atoms in total. The zero-order valence-corrected chi connectivity index (χ0v) is 17.4. The van der Waals surface area contributed by atoms with Crippen molar-refractivity contribution in [1.29, 1.82) is 0 Å². The van der Waals surface area contributed by atoms with E-state index < -0.39 is 0 Å². The molecule has 140 valence electrons. The third-order valence-electron chi connectivity index (χ3n) is 7.28. The molecule has 28 heavy (non-hydrogen) atoms. The number of fused-ring (bicyclic) bond motifs is 11. The molecule has 0 saturated carbocycles. The molecule has 0 aromatic heterocycles. The molecule has 0 radical (unpaired) electrons. The molecule has 3 aromatic rings. The summed E-state index contributed by atoms with van der Waals surface area (Å²) in [6, 6.07) is 19.8. The molecule has 3 aromatic carbocycles. The van der Waals surface area contributed by atoms with E-state index in [1.165, 1.54) is 44.5 Å². The zero-order chi connectivity index (χ0) is 19.4. The largest absolute Gasteiger partial charge is 0.356 e. The van der Waals surface area contributed by atoms with Crippen LogP contribution >= 0.6 is 11.6 Å². The molecule has 3 aliphatic rings. The lowest BCUT2D eigenvalue weighted by Gasteiger charge is -2.45. The summed E-state index contributed by atoms with van der Waals surface area (Å²) in [5, 5.41) is 0.784. The molecule has 1 aliphatic carbocycles.